The minimum absolute atomic E-state index is 0.000110. The molecule has 0 amide bonds. The number of aliphatic hydroxyl groups excluding tert-OH is 1. The van der Waals surface area contributed by atoms with Crippen LogP contribution in [0.1, 0.15) is 11.3 Å². The van der Waals surface area contributed by atoms with E-state index in [2.05, 4.69) is 4.98 Å². The molecule has 0 aliphatic rings. The standard InChI is InChI=1S/C13H7Cl3F3NO/c14-8-2-1-7(11(15)12(8)16)9-3-6(5-21)4-10(20-9)13(17,18)19/h1-4,21H,5H2. The summed E-state index contributed by atoms with van der Waals surface area (Å²) >= 11 is 17.6. The van der Waals surface area contributed by atoms with Crippen molar-refractivity contribution in [3.8, 4) is 11.3 Å². The van der Waals surface area contributed by atoms with Crippen LogP contribution in [-0.2, 0) is 12.8 Å². The van der Waals surface area contributed by atoms with Crippen LogP contribution in [0.3, 0.4) is 0 Å². The van der Waals surface area contributed by atoms with E-state index in [1.165, 1.54) is 18.2 Å². The molecule has 1 N–H and O–H groups in total. The smallest absolute Gasteiger partial charge is 0.392 e. The third-order valence-corrected chi connectivity index (χ3v) is 3.96. The molecule has 0 fully saturated rings. The number of hydrogen-bond acceptors (Lipinski definition) is 2. The van der Waals surface area contributed by atoms with Crippen molar-refractivity contribution in [1.29, 1.82) is 0 Å². The van der Waals surface area contributed by atoms with Crippen LogP contribution in [-0.4, -0.2) is 10.1 Å². The Morgan fingerprint density at radius 3 is 2.29 bits per heavy atom. The van der Waals surface area contributed by atoms with Gasteiger partial charge in [-0.15, -0.1) is 0 Å². The molecular formula is C13H7Cl3F3NO. The van der Waals surface area contributed by atoms with Gasteiger partial charge in [-0.25, -0.2) is 4.98 Å². The van der Waals surface area contributed by atoms with Crippen molar-refractivity contribution in [2.24, 2.45) is 0 Å². The molecule has 112 valence electrons. The lowest BCUT2D eigenvalue weighted by molar-refractivity contribution is -0.141. The van der Waals surface area contributed by atoms with Gasteiger partial charge in [0.05, 0.1) is 27.4 Å². The van der Waals surface area contributed by atoms with Crippen LogP contribution in [0, 0.1) is 0 Å². The maximum Gasteiger partial charge on any atom is 0.433 e. The first-order chi connectivity index (χ1) is 9.74. The summed E-state index contributed by atoms with van der Waals surface area (Å²) in [6.07, 6.45) is -4.64. The molecule has 2 rings (SSSR count). The van der Waals surface area contributed by atoms with Gasteiger partial charge in [-0.2, -0.15) is 13.2 Å². The zero-order valence-corrected chi connectivity index (χ0v) is 12.4. The molecule has 0 unspecified atom stereocenters. The Labute approximate surface area is 133 Å². The van der Waals surface area contributed by atoms with Crippen molar-refractivity contribution in [2.45, 2.75) is 12.8 Å². The number of aliphatic hydroxyl groups is 1. The van der Waals surface area contributed by atoms with Crippen molar-refractivity contribution in [3.63, 3.8) is 0 Å². The van der Waals surface area contributed by atoms with Gasteiger partial charge in [0.1, 0.15) is 5.69 Å². The highest BCUT2D eigenvalue weighted by molar-refractivity contribution is 6.49. The van der Waals surface area contributed by atoms with Crippen molar-refractivity contribution in [3.05, 3.63) is 50.6 Å². The highest BCUT2D eigenvalue weighted by Gasteiger charge is 2.33. The van der Waals surface area contributed by atoms with Gasteiger partial charge in [0.15, 0.2) is 0 Å². The SMILES string of the molecule is OCc1cc(-c2ccc(Cl)c(Cl)c2Cl)nc(C(F)(F)F)c1. The van der Waals surface area contributed by atoms with Gasteiger partial charge in [-0.1, -0.05) is 34.8 Å². The molecule has 1 aromatic heterocycles. The van der Waals surface area contributed by atoms with E-state index in [0.29, 0.717) is 0 Å². The molecule has 0 atom stereocenters. The Balaban J connectivity index is 2.67. The van der Waals surface area contributed by atoms with E-state index in [9.17, 15) is 13.2 Å². The fourth-order valence-electron chi connectivity index (χ4n) is 1.69. The molecule has 2 nitrogen and oxygen atoms in total. The van der Waals surface area contributed by atoms with Crippen LogP contribution in [0.15, 0.2) is 24.3 Å². The first kappa shape index (κ1) is 16.4. The molecule has 0 saturated carbocycles. The van der Waals surface area contributed by atoms with Crippen molar-refractivity contribution >= 4 is 34.8 Å². The molecule has 2 aromatic rings. The first-order valence-electron chi connectivity index (χ1n) is 5.57. The first-order valence-corrected chi connectivity index (χ1v) is 6.70. The highest BCUT2D eigenvalue weighted by Crippen LogP contribution is 2.38. The molecule has 0 aliphatic carbocycles. The summed E-state index contributed by atoms with van der Waals surface area (Å²) < 4.78 is 38.5. The van der Waals surface area contributed by atoms with E-state index in [-0.39, 0.29) is 31.9 Å². The summed E-state index contributed by atoms with van der Waals surface area (Å²) in [5.41, 5.74) is -0.898. The lowest BCUT2D eigenvalue weighted by Crippen LogP contribution is -2.09. The van der Waals surface area contributed by atoms with E-state index in [4.69, 9.17) is 39.9 Å². The van der Waals surface area contributed by atoms with E-state index in [1.807, 2.05) is 0 Å². The quantitative estimate of drug-likeness (QED) is 0.748. The minimum atomic E-state index is -4.64. The molecule has 0 radical (unpaired) electrons. The third-order valence-electron chi connectivity index (χ3n) is 2.67. The number of nitrogens with zero attached hydrogens (tertiary/aromatic N) is 1. The van der Waals surface area contributed by atoms with Crippen LogP contribution in [0.5, 0.6) is 0 Å². The predicted octanol–water partition coefficient (Wildman–Crippen LogP) is 5.22. The number of aromatic nitrogens is 1. The average molecular weight is 357 g/mol. The zero-order valence-electron chi connectivity index (χ0n) is 10.2. The largest absolute Gasteiger partial charge is 0.433 e. The molecule has 0 spiro atoms. The van der Waals surface area contributed by atoms with Gasteiger partial charge in [0, 0.05) is 5.56 Å². The number of hydrogen-bond donors (Lipinski definition) is 1. The van der Waals surface area contributed by atoms with Gasteiger partial charge < -0.3 is 5.11 Å². The van der Waals surface area contributed by atoms with Crippen LogP contribution in [0.2, 0.25) is 15.1 Å². The Morgan fingerprint density at radius 1 is 1.05 bits per heavy atom. The summed E-state index contributed by atoms with van der Waals surface area (Å²) in [7, 11) is 0. The number of benzene rings is 1. The maximum atomic E-state index is 12.8. The maximum absolute atomic E-state index is 12.8. The van der Waals surface area contributed by atoms with Crippen LogP contribution in [0.25, 0.3) is 11.3 Å². The van der Waals surface area contributed by atoms with Gasteiger partial charge in [0.2, 0.25) is 0 Å². The zero-order chi connectivity index (χ0) is 15.8. The fourth-order valence-corrected chi connectivity index (χ4v) is 2.32. The van der Waals surface area contributed by atoms with Crippen LogP contribution < -0.4 is 0 Å². The van der Waals surface area contributed by atoms with Gasteiger partial charge >= 0.3 is 6.18 Å². The van der Waals surface area contributed by atoms with E-state index in [1.54, 1.807) is 0 Å². The highest BCUT2D eigenvalue weighted by atomic mass is 35.5. The summed E-state index contributed by atoms with van der Waals surface area (Å²) in [4.78, 5) is 3.53. The summed E-state index contributed by atoms with van der Waals surface area (Å²) in [5.74, 6) is 0. The molecule has 21 heavy (non-hydrogen) atoms. The second kappa shape index (κ2) is 6.01. The van der Waals surface area contributed by atoms with Crippen molar-refractivity contribution in [1.82, 2.24) is 4.98 Å². The second-order valence-corrected chi connectivity index (χ2v) is 5.29. The summed E-state index contributed by atoms with van der Waals surface area (Å²) in [6.45, 7) is -0.558. The van der Waals surface area contributed by atoms with Crippen molar-refractivity contribution < 1.29 is 18.3 Å². The van der Waals surface area contributed by atoms with Crippen LogP contribution in [0.4, 0.5) is 13.2 Å². The van der Waals surface area contributed by atoms with Crippen molar-refractivity contribution in [2.75, 3.05) is 0 Å². The molecule has 8 heteroatoms. The van der Waals surface area contributed by atoms with E-state index < -0.39 is 18.5 Å². The lowest BCUT2D eigenvalue weighted by atomic mass is 10.1. The molecule has 0 aliphatic heterocycles. The Hall–Kier alpha value is -1.01. The second-order valence-electron chi connectivity index (χ2n) is 4.12. The summed E-state index contributed by atoms with van der Waals surface area (Å²) in [5, 5.41) is 9.30. The average Bonchev–Trinajstić information content (AvgIpc) is 2.43. The predicted molar refractivity (Wildman–Crippen MR) is 75.6 cm³/mol. The number of rotatable bonds is 2. The Morgan fingerprint density at radius 2 is 1.71 bits per heavy atom. The monoisotopic (exact) mass is 355 g/mol. The molecular weight excluding hydrogens is 350 g/mol. The molecule has 1 aromatic carbocycles. The Kier molecular flexibility index (Phi) is 4.68. The molecule has 0 saturated heterocycles. The summed E-state index contributed by atoms with van der Waals surface area (Å²) in [6, 6.07) is 4.90. The normalized spacial score (nSPS) is 11.8. The minimum Gasteiger partial charge on any atom is -0.392 e. The Bertz CT molecular complexity index is 689. The van der Waals surface area contributed by atoms with Crippen LogP contribution >= 0.6 is 34.8 Å². The topological polar surface area (TPSA) is 33.1 Å². The number of alkyl halides is 3. The number of pyridine rings is 1. The third kappa shape index (κ3) is 3.43. The number of halogens is 6. The van der Waals surface area contributed by atoms with Gasteiger partial charge in [-0.05, 0) is 29.8 Å². The van der Waals surface area contributed by atoms with Gasteiger partial charge in [0.25, 0.3) is 0 Å². The lowest BCUT2D eigenvalue weighted by Gasteiger charge is -2.12. The molecule has 0 bridgehead atoms. The molecule has 1 heterocycles. The van der Waals surface area contributed by atoms with E-state index in [0.717, 1.165) is 6.07 Å². The fraction of sp³-hybridized carbons (Fsp3) is 0.154. The van der Waals surface area contributed by atoms with Gasteiger partial charge in [-0.3, -0.25) is 0 Å². The van der Waals surface area contributed by atoms with E-state index >= 15 is 0 Å².